The highest BCUT2D eigenvalue weighted by Gasteiger charge is 2.32. The molecule has 0 unspecified atom stereocenters. The molecule has 0 fully saturated rings. The third-order valence-electron chi connectivity index (χ3n) is 8.97. The molecule has 3 amide bonds. The van der Waals surface area contributed by atoms with Crippen molar-refractivity contribution in [2.45, 2.75) is 39.7 Å². The average Bonchev–Trinajstić information content (AvgIpc) is 3.92. The number of nitrogens with one attached hydrogen (secondary N) is 4. The first kappa shape index (κ1) is 41.6. The molecule has 0 radical (unpaired) electrons. The second-order valence-electron chi connectivity index (χ2n) is 13.0. The summed E-state index contributed by atoms with van der Waals surface area (Å²) in [6.07, 6.45) is 5.74. The van der Waals surface area contributed by atoms with Gasteiger partial charge in [-0.3, -0.25) is 23.9 Å². The van der Waals surface area contributed by atoms with Crippen molar-refractivity contribution in [3.05, 3.63) is 92.6 Å². The molecule has 0 saturated carbocycles. The van der Waals surface area contributed by atoms with E-state index in [1.54, 1.807) is 35.6 Å². The summed E-state index contributed by atoms with van der Waals surface area (Å²) in [5.74, 6) is 2.85. The SMILES string of the molecule is C#CCCNC(=O)CNc1ccc(-n2nnc(C(=O)NCCOCCOCCNC(=O)C[C@@H]3N=C(c4ccc(Cl)cc4)c4c(sc(C)c4C)-n4c(C)nnc43)n2)cc1. The van der Waals surface area contributed by atoms with E-state index in [0.29, 0.717) is 49.3 Å². The van der Waals surface area contributed by atoms with Gasteiger partial charge in [0.1, 0.15) is 16.9 Å². The maximum atomic E-state index is 13.2. The molecule has 4 heterocycles. The number of hydrogen-bond acceptors (Lipinski definition) is 13. The Kier molecular flexibility index (Phi) is 14.3. The van der Waals surface area contributed by atoms with Crippen LogP contribution in [0.25, 0.3) is 10.7 Å². The van der Waals surface area contributed by atoms with Crippen molar-refractivity contribution < 1.29 is 23.9 Å². The number of aryl methyl sites for hydroxylation is 2. The molecule has 19 heteroatoms. The predicted molar refractivity (Wildman–Crippen MR) is 219 cm³/mol. The molecule has 58 heavy (non-hydrogen) atoms. The van der Waals surface area contributed by atoms with Crippen LogP contribution in [0.2, 0.25) is 5.02 Å². The third-order valence-corrected chi connectivity index (χ3v) is 10.4. The van der Waals surface area contributed by atoms with E-state index in [1.807, 2.05) is 35.8 Å². The van der Waals surface area contributed by atoms with Gasteiger partial charge in [0.25, 0.3) is 11.7 Å². The highest BCUT2D eigenvalue weighted by molar-refractivity contribution is 7.15. The Balaban J connectivity index is 0.884. The van der Waals surface area contributed by atoms with E-state index in [1.165, 1.54) is 9.67 Å². The number of rotatable bonds is 19. The standard InChI is InChI=1S/C39H43ClN12O5S/c1-5-6-15-41-33(54)23-44-29-11-13-30(14-12-29)52-49-36(47-50-52)38(55)43-17-19-57-21-20-56-18-16-42-32(53)22-31-37-48-46-26(4)51(37)39-34(24(2)25(3)58-39)35(45-31)27-7-9-28(40)10-8-27/h1,7-14,31,44H,6,15-23H2,2-4H3,(H,41,54)(H,42,53)(H,43,55)/t31-/m0/s1. The molecule has 0 spiro atoms. The molecule has 302 valence electrons. The number of aliphatic imine (C=N–C) groups is 1. The Morgan fingerprint density at radius 2 is 1.59 bits per heavy atom. The van der Waals surface area contributed by atoms with E-state index in [4.69, 9.17) is 32.5 Å². The minimum atomic E-state index is -0.567. The van der Waals surface area contributed by atoms with Gasteiger partial charge in [-0.25, -0.2) is 0 Å². The van der Waals surface area contributed by atoms with Crippen LogP contribution in [-0.2, 0) is 19.1 Å². The second kappa shape index (κ2) is 19.9. The van der Waals surface area contributed by atoms with E-state index in [0.717, 1.165) is 38.9 Å². The zero-order chi connectivity index (χ0) is 41.0. The quantitative estimate of drug-likeness (QED) is 0.0703. The highest BCUT2D eigenvalue weighted by Crippen LogP contribution is 2.39. The molecule has 17 nitrogen and oxygen atoms in total. The van der Waals surface area contributed by atoms with E-state index in [-0.39, 0.29) is 50.4 Å². The maximum absolute atomic E-state index is 13.2. The summed E-state index contributed by atoms with van der Waals surface area (Å²) in [6.45, 7) is 8.24. The smallest absolute Gasteiger partial charge is 0.292 e. The number of aromatic nitrogens is 7. The predicted octanol–water partition coefficient (Wildman–Crippen LogP) is 3.30. The second-order valence-corrected chi connectivity index (χ2v) is 14.7. The first-order valence-electron chi connectivity index (χ1n) is 18.5. The summed E-state index contributed by atoms with van der Waals surface area (Å²) in [6, 6.07) is 14.0. The van der Waals surface area contributed by atoms with Gasteiger partial charge in [-0.2, -0.15) is 0 Å². The number of halogens is 1. The molecule has 1 aliphatic rings. The molecular weight excluding hydrogens is 784 g/mol. The summed E-state index contributed by atoms with van der Waals surface area (Å²) < 4.78 is 13.2. The van der Waals surface area contributed by atoms with Gasteiger partial charge < -0.3 is 30.7 Å². The summed E-state index contributed by atoms with van der Waals surface area (Å²) in [7, 11) is 0. The molecule has 0 saturated heterocycles. The van der Waals surface area contributed by atoms with Crippen LogP contribution in [0.5, 0.6) is 0 Å². The zero-order valence-electron chi connectivity index (χ0n) is 32.2. The average molecular weight is 827 g/mol. The van der Waals surface area contributed by atoms with Crippen molar-refractivity contribution in [1.82, 2.24) is 50.9 Å². The molecule has 0 bridgehead atoms. The first-order chi connectivity index (χ1) is 28.1. The number of thiophene rings is 1. The summed E-state index contributed by atoms with van der Waals surface area (Å²) in [5, 5.41) is 33.7. The van der Waals surface area contributed by atoms with Crippen LogP contribution in [0.1, 0.15) is 62.7 Å². The van der Waals surface area contributed by atoms with E-state index >= 15 is 0 Å². The summed E-state index contributed by atoms with van der Waals surface area (Å²) in [5.41, 5.74) is 5.11. The van der Waals surface area contributed by atoms with Crippen molar-refractivity contribution in [3.8, 4) is 23.0 Å². The van der Waals surface area contributed by atoms with Crippen molar-refractivity contribution >= 4 is 52.1 Å². The lowest BCUT2D eigenvalue weighted by Crippen LogP contribution is -2.30. The lowest BCUT2D eigenvalue weighted by atomic mass is 9.99. The Morgan fingerprint density at radius 1 is 0.879 bits per heavy atom. The number of nitrogens with zero attached hydrogens (tertiary/aromatic N) is 8. The number of benzene rings is 2. The molecule has 6 rings (SSSR count). The van der Waals surface area contributed by atoms with E-state index < -0.39 is 11.9 Å². The van der Waals surface area contributed by atoms with Crippen molar-refractivity contribution in [3.63, 3.8) is 0 Å². The molecule has 1 aliphatic heterocycles. The summed E-state index contributed by atoms with van der Waals surface area (Å²) >= 11 is 7.86. The Bertz CT molecular complexity index is 2300. The Labute approximate surface area is 344 Å². The number of carbonyl (C=O) groups excluding carboxylic acids is 3. The molecule has 5 aromatic rings. The van der Waals surface area contributed by atoms with E-state index in [9.17, 15) is 14.4 Å². The topological polar surface area (TPSA) is 204 Å². The Hall–Kier alpha value is -6.00. The van der Waals surface area contributed by atoms with Gasteiger partial charge in [0.15, 0.2) is 5.82 Å². The summed E-state index contributed by atoms with van der Waals surface area (Å²) in [4.78, 5) is 45.1. The van der Waals surface area contributed by atoms with Gasteiger partial charge in [0, 0.05) is 52.8 Å². The molecule has 0 aliphatic carbocycles. The number of hydrogen-bond donors (Lipinski definition) is 4. The number of terminal acetylenes is 1. The van der Waals surface area contributed by atoms with Gasteiger partial charge in [0.05, 0.1) is 50.8 Å². The minimum Gasteiger partial charge on any atom is -0.377 e. The fourth-order valence-corrected chi connectivity index (χ4v) is 7.27. The van der Waals surface area contributed by atoms with Crippen LogP contribution >= 0.6 is 22.9 Å². The van der Waals surface area contributed by atoms with Crippen LogP contribution < -0.4 is 21.3 Å². The lowest BCUT2D eigenvalue weighted by molar-refractivity contribution is -0.122. The largest absolute Gasteiger partial charge is 0.377 e. The van der Waals surface area contributed by atoms with Gasteiger partial charge in [0.2, 0.25) is 11.8 Å². The number of amides is 3. The maximum Gasteiger partial charge on any atom is 0.292 e. The van der Waals surface area contributed by atoms with Gasteiger partial charge in [-0.05, 0) is 67.9 Å². The van der Waals surface area contributed by atoms with Gasteiger partial charge >= 0.3 is 0 Å². The number of ether oxygens (including phenoxy) is 2. The fourth-order valence-electron chi connectivity index (χ4n) is 5.93. The van der Waals surface area contributed by atoms with Crippen molar-refractivity contribution in [2.24, 2.45) is 4.99 Å². The van der Waals surface area contributed by atoms with Gasteiger partial charge in [-0.1, -0.05) is 23.7 Å². The van der Waals surface area contributed by atoms with Crippen molar-refractivity contribution in [2.75, 3.05) is 57.9 Å². The number of fused-ring (bicyclic) bond motifs is 3. The van der Waals surface area contributed by atoms with Crippen LogP contribution in [0, 0.1) is 33.1 Å². The molecule has 3 aromatic heterocycles. The van der Waals surface area contributed by atoms with Gasteiger partial charge in [-0.15, -0.1) is 48.9 Å². The van der Waals surface area contributed by atoms with Crippen LogP contribution in [0.4, 0.5) is 5.69 Å². The highest BCUT2D eigenvalue weighted by atomic mass is 35.5. The normalized spacial score (nSPS) is 13.1. The van der Waals surface area contributed by atoms with Crippen LogP contribution in [0.3, 0.4) is 0 Å². The fraction of sp³-hybridized carbons (Fsp3) is 0.359. The minimum absolute atomic E-state index is 0.0748. The van der Waals surface area contributed by atoms with Crippen LogP contribution in [-0.4, -0.2) is 111 Å². The third kappa shape index (κ3) is 10.5. The van der Waals surface area contributed by atoms with Crippen molar-refractivity contribution in [1.29, 1.82) is 0 Å². The molecule has 1 atom stereocenters. The monoisotopic (exact) mass is 826 g/mol. The van der Waals surface area contributed by atoms with Crippen LogP contribution in [0.15, 0.2) is 53.5 Å². The van der Waals surface area contributed by atoms with E-state index in [2.05, 4.69) is 66.6 Å². The zero-order valence-corrected chi connectivity index (χ0v) is 33.8. The molecule has 4 N–H and O–H groups in total. The lowest BCUT2D eigenvalue weighted by Gasteiger charge is -2.13. The number of tetrazole rings is 1. The number of carbonyl (C=O) groups is 3. The molecule has 2 aromatic carbocycles. The first-order valence-corrected chi connectivity index (χ1v) is 19.7. The molecular formula is C39H43ClN12O5S. The Morgan fingerprint density at radius 3 is 2.31 bits per heavy atom. The number of anilines is 1.